The Balaban J connectivity index is 1.93. The Kier molecular flexibility index (Phi) is 3.07. The summed E-state index contributed by atoms with van der Waals surface area (Å²) < 4.78 is 0. The Morgan fingerprint density at radius 3 is 2.93 bits per heavy atom. The first kappa shape index (κ1) is 10.6. The molecule has 82 valence electrons. The van der Waals surface area contributed by atoms with Crippen LogP contribution in [0.1, 0.15) is 12.8 Å². The predicted molar refractivity (Wildman–Crippen MR) is 59.0 cm³/mol. The highest BCUT2D eigenvalue weighted by molar-refractivity contribution is 6.28. The lowest BCUT2D eigenvalue weighted by molar-refractivity contribution is 0.0464. The van der Waals surface area contributed by atoms with Gasteiger partial charge in [0.05, 0.1) is 6.10 Å². The van der Waals surface area contributed by atoms with Gasteiger partial charge in [0.2, 0.25) is 5.28 Å². The molecular weight excluding hydrogens is 214 g/mol. The van der Waals surface area contributed by atoms with Gasteiger partial charge in [-0.2, -0.15) is 0 Å². The molecule has 1 aromatic heterocycles. The standard InChI is InChI=1S/C10H14ClN3O/c1-14(6-7-4-8(15)5-7)9-2-3-12-10(11)13-9/h2-3,7-8,15H,4-6H2,1H3. The Hall–Kier alpha value is -0.870. The van der Waals surface area contributed by atoms with E-state index < -0.39 is 0 Å². The van der Waals surface area contributed by atoms with Gasteiger partial charge >= 0.3 is 0 Å². The van der Waals surface area contributed by atoms with Gasteiger partial charge in [0.15, 0.2) is 0 Å². The Labute approximate surface area is 93.9 Å². The molecule has 0 atom stereocenters. The molecule has 1 fully saturated rings. The summed E-state index contributed by atoms with van der Waals surface area (Å²) in [5, 5.41) is 9.45. The minimum atomic E-state index is -0.0996. The molecular formula is C10H14ClN3O. The molecule has 1 heterocycles. The Morgan fingerprint density at radius 2 is 2.33 bits per heavy atom. The molecule has 1 aliphatic rings. The van der Waals surface area contributed by atoms with Crippen LogP contribution in [0.5, 0.6) is 0 Å². The van der Waals surface area contributed by atoms with Crippen molar-refractivity contribution in [1.82, 2.24) is 9.97 Å². The van der Waals surface area contributed by atoms with Crippen molar-refractivity contribution in [2.24, 2.45) is 5.92 Å². The predicted octanol–water partition coefficient (Wildman–Crippen LogP) is 1.34. The smallest absolute Gasteiger partial charge is 0.224 e. The van der Waals surface area contributed by atoms with E-state index in [-0.39, 0.29) is 11.4 Å². The molecule has 2 rings (SSSR count). The van der Waals surface area contributed by atoms with Crippen LogP contribution in [-0.4, -0.2) is 34.8 Å². The van der Waals surface area contributed by atoms with Crippen molar-refractivity contribution >= 4 is 17.4 Å². The van der Waals surface area contributed by atoms with Crippen molar-refractivity contribution in [3.05, 3.63) is 17.5 Å². The summed E-state index contributed by atoms with van der Waals surface area (Å²) in [4.78, 5) is 10.0. The largest absolute Gasteiger partial charge is 0.393 e. The quantitative estimate of drug-likeness (QED) is 0.792. The van der Waals surface area contributed by atoms with Crippen molar-refractivity contribution in [3.63, 3.8) is 0 Å². The van der Waals surface area contributed by atoms with Gasteiger partial charge in [-0.05, 0) is 36.4 Å². The van der Waals surface area contributed by atoms with E-state index >= 15 is 0 Å². The average Bonchev–Trinajstić information content (AvgIpc) is 2.15. The minimum Gasteiger partial charge on any atom is -0.393 e. The van der Waals surface area contributed by atoms with Crippen LogP contribution in [0.2, 0.25) is 5.28 Å². The van der Waals surface area contributed by atoms with E-state index in [1.807, 2.05) is 18.0 Å². The molecule has 0 unspecified atom stereocenters. The second kappa shape index (κ2) is 4.33. The Bertz CT molecular complexity index is 341. The van der Waals surface area contributed by atoms with E-state index in [1.54, 1.807) is 6.20 Å². The summed E-state index contributed by atoms with van der Waals surface area (Å²) in [6, 6.07) is 1.83. The maximum absolute atomic E-state index is 9.18. The molecule has 1 saturated carbocycles. The zero-order valence-electron chi connectivity index (χ0n) is 8.60. The van der Waals surface area contributed by atoms with Crippen molar-refractivity contribution in [1.29, 1.82) is 0 Å². The third kappa shape index (κ3) is 2.58. The number of nitrogens with zero attached hydrogens (tertiary/aromatic N) is 3. The first-order valence-electron chi connectivity index (χ1n) is 5.03. The van der Waals surface area contributed by atoms with Gasteiger partial charge in [-0.15, -0.1) is 0 Å². The fraction of sp³-hybridized carbons (Fsp3) is 0.600. The van der Waals surface area contributed by atoms with Gasteiger partial charge in [-0.25, -0.2) is 9.97 Å². The van der Waals surface area contributed by atoms with Gasteiger partial charge in [-0.3, -0.25) is 0 Å². The monoisotopic (exact) mass is 227 g/mol. The summed E-state index contributed by atoms with van der Waals surface area (Å²) in [6.45, 7) is 0.907. The second-order valence-electron chi connectivity index (χ2n) is 4.06. The fourth-order valence-electron chi connectivity index (χ4n) is 1.87. The number of aliphatic hydroxyl groups is 1. The zero-order chi connectivity index (χ0) is 10.8. The van der Waals surface area contributed by atoms with Gasteiger partial charge in [0.25, 0.3) is 0 Å². The number of hydrogen-bond acceptors (Lipinski definition) is 4. The first-order chi connectivity index (χ1) is 7.15. The highest BCUT2D eigenvalue weighted by Gasteiger charge is 2.28. The van der Waals surface area contributed by atoms with Crippen LogP contribution in [0.25, 0.3) is 0 Å². The SMILES string of the molecule is CN(CC1CC(O)C1)c1ccnc(Cl)n1. The third-order valence-electron chi connectivity index (χ3n) is 2.75. The van der Waals surface area contributed by atoms with E-state index in [1.165, 1.54) is 0 Å². The molecule has 5 heteroatoms. The topological polar surface area (TPSA) is 49.2 Å². The van der Waals surface area contributed by atoms with Crippen molar-refractivity contribution in [2.75, 3.05) is 18.5 Å². The fourth-order valence-corrected chi connectivity index (χ4v) is 2.01. The molecule has 0 saturated heterocycles. The maximum Gasteiger partial charge on any atom is 0.224 e. The Morgan fingerprint density at radius 1 is 1.60 bits per heavy atom. The minimum absolute atomic E-state index is 0.0996. The molecule has 0 aromatic carbocycles. The molecule has 0 aliphatic heterocycles. The molecule has 15 heavy (non-hydrogen) atoms. The van der Waals surface area contributed by atoms with E-state index in [0.717, 1.165) is 25.2 Å². The maximum atomic E-state index is 9.18. The first-order valence-corrected chi connectivity index (χ1v) is 5.40. The van der Waals surface area contributed by atoms with Crippen molar-refractivity contribution in [3.8, 4) is 0 Å². The molecule has 1 N–H and O–H groups in total. The highest BCUT2D eigenvalue weighted by atomic mass is 35.5. The van der Waals surface area contributed by atoms with Crippen LogP contribution in [0.3, 0.4) is 0 Å². The summed E-state index contributed by atoms with van der Waals surface area (Å²) in [7, 11) is 1.98. The van der Waals surface area contributed by atoms with Crippen LogP contribution in [0.4, 0.5) is 5.82 Å². The van der Waals surface area contributed by atoms with Crippen molar-refractivity contribution < 1.29 is 5.11 Å². The van der Waals surface area contributed by atoms with E-state index in [9.17, 15) is 5.11 Å². The summed E-state index contributed by atoms with van der Waals surface area (Å²) in [6.07, 6.45) is 3.33. The summed E-state index contributed by atoms with van der Waals surface area (Å²) in [5.74, 6) is 1.40. The van der Waals surface area contributed by atoms with Crippen LogP contribution in [-0.2, 0) is 0 Å². The molecule has 4 nitrogen and oxygen atoms in total. The lowest BCUT2D eigenvalue weighted by Crippen LogP contribution is -2.37. The summed E-state index contributed by atoms with van der Waals surface area (Å²) in [5.41, 5.74) is 0. The number of halogens is 1. The molecule has 0 amide bonds. The van der Waals surface area contributed by atoms with Gasteiger partial charge in [0, 0.05) is 19.8 Å². The molecule has 0 radical (unpaired) electrons. The average molecular weight is 228 g/mol. The van der Waals surface area contributed by atoms with Crippen molar-refractivity contribution in [2.45, 2.75) is 18.9 Å². The van der Waals surface area contributed by atoms with Crippen LogP contribution in [0.15, 0.2) is 12.3 Å². The third-order valence-corrected chi connectivity index (χ3v) is 2.93. The highest BCUT2D eigenvalue weighted by Crippen LogP contribution is 2.28. The zero-order valence-corrected chi connectivity index (χ0v) is 9.35. The van der Waals surface area contributed by atoms with Gasteiger partial charge < -0.3 is 10.0 Å². The van der Waals surface area contributed by atoms with Crippen LogP contribution >= 0.6 is 11.6 Å². The lowest BCUT2D eigenvalue weighted by Gasteiger charge is -2.34. The summed E-state index contributed by atoms with van der Waals surface area (Å²) >= 11 is 5.71. The number of anilines is 1. The number of aliphatic hydroxyl groups excluding tert-OH is 1. The number of rotatable bonds is 3. The number of aromatic nitrogens is 2. The van der Waals surface area contributed by atoms with Gasteiger partial charge in [0.1, 0.15) is 5.82 Å². The lowest BCUT2D eigenvalue weighted by atomic mass is 9.82. The molecule has 0 bridgehead atoms. The number of hydrogen-bond donors (Lipinski definition) is 1. The molecule has 1 aromatic rings. The molecule has 0 spiro atoms. The second-order valence-corrected chi connectivity index (χ2v) is 4.39. The van der Waals surface area contributed by atoms with E-state index in [0.29, 0.717) is 5.92 Å². The molecule has 1 aliphatic carbocycles. The van der Waals surface area contributed by atoms with E-state index in [4.69, 9.17) is 11.6 Å². The van der Waals surface area contributed by atoms with Crippen LogP contribution in [0, 0.1) is 5.92 Å². The van der Waals surface area contributed by atoms with Gasteiger partial charge in [-0.1, -0.05) is 0 Å². The van der Waals surface area contributed by atoms with Crippen LogP contribution < -0.4 is 4.90 Å². The van der Waals surface area contributed by atoms with E-state index in [2.05, 4.69) is 9.97 Å². The normalized spacial score (nSPS) is 24.7.